The van der Waals surface area contributed by atoms with E-state index in [1.807, 2.05) is 0 Å². The van der Waals surface area contributed by atoms with Gasteiger partial charge in [-0.1, -0.05) is 53.0 Å². The highest BCUT2D eigenvalue weighted by atomic mass is 16.5. The van der Waals surface area contributed by atoms with Crippen LogP contribution in [0.25, 0.3) is 0 Å². The topological polar surface area (TPSA) is 26.3 Å². The van der Waals surface area contributed by atoms with Crippen molar-refractivity contribution in [3.63, 3.8) is 0 Å². The number of carbonyl (C=O) groups is 1. The third kappa shape index (κ3) is 10.5. The van der Waals surface area contributed by atoms with E-state index in [2.05, 4.69) is 27.4 Å². The Labute approximate surface area is 144 Å². The van der Waals surface area contributed by atoms with Gasteiger partial charge in [-0.3, -0.25) is 0 Å². The van der Waals surface area contributed by atoms with Crippen molar-refractivity contribution in [2.45, 2.75) is 79.1 Å². The van der Waals surface area contributed by atoms with Crippen LogP contribution in [0.3, 0.4) is 0 Å². The van der Waals surface area contributed by atoms with Crippen molar-refractivity contribution in [2.75, 3.05) is 32.8 Å². The first-order valence-corrected chi connectivity index (χ1v) is 9.69. The Morgan fingerprint density at radius 1 is 0.826 bits per heavy atom. The van der Waals surface area contributed by atoms with Gasteiger partial charge in [-0.2, -0.15) is 0 Å². The third-order valence-corrected chi connectivity index (χ3v) is 4.61. The van der Waals surface area contributed by atoms with Crippen molar-refractivity contribution in [1.82, 2.24) is 0 Å². The summed E-state index contributed by atoms with van der Waals surface area (Å²) in [5, 5.41) is 0. The van der Waals surface area contributed by atoms with Crippen LogP contribution in [0.5, 0.6) is 0 Å². The second-order valence-electron chi connectivity index (χ2n) is 6.92. The number of nitrogens with zero attached hydrogens (tertiary/aromatic N) is 1. The molecule has 0 aromatic rings. The minimum atomic E-state index is -0.250. The molecule has 0 radical (unpaired) electrons. The van der Waals surface area contributed by atoms with E-state index in [0.717, 1.165) is 11.0 Å². The van der Waals surface area contributed by atoms with Crippen molar-refractivity contribution in [2.24, 2.45) is 0 Å². The quantitative estimate of drug-likeness (QED) is 0.181. The van der Waals surface area contributed by atoms with E-state index in [1.165, 1.54) is 71.0 Å². The number of hydrogen-bond acceptors (Lipinski definition) is 2. The minimum Gasteiger partial charge on any atom is -0.456 e. The maximum Gasteiger partial charge on any atom is 0.333 e. The van der Waals surface area contributed by atoms with E-state index < -0.39 is 0 Å². The smallest absolute Gasteiger partial charge is 0.333 e. The monoisotopic (exact) mass is 326 g/mol. The van der Waals surface area contributed by atoms with Crippen molar-refractivity contribution < 1.29 is 14.0 Å². The van der Waals surface area contributed by atoms with E-state index >= 15 is 0 Å². The molecule has 0 rings (SSSR count). The molecular formula is C20H40NO2+. The highest BCUT2D eigenvalue weighted by Crippen LogP contribution is 2.16. The van der Waals surface area contributed by atoms with Crippen molar-refractivity contribution in [3.8, 4) is 0 Å². The Hall–Kier alpha value is -0.830. The molecule has 0 aromatic heterocycles. The Kier molecular flexibility index (Phi) is 13.1. The summed E-state index contributed by atoms with van der Waals surface area (Å²) in [6.07, 6.45) is 10.2. The van der Waals surface area contributed by atoms with Crippen LogP contribution in [0.2, 0.25) is 0 Å². The molecule has 0 aliphatic heterocycles. The molecule has 3 nitrogen and oxygen atoms in total. The second-order valence-corrected chi connectivity index (χ2v) is 6.92. The fraction of sp³-hybridized carbons (Fsp3) is 0.850. The summed E-state index contributed by atoms with van der Waals surface area (Å²) in [6.45, 7) is 17.3. The van der Waals surface area contributed by atoms with Crippen LogP contribution < -0.4 is 0 Å². The standard InChI is InChI=1S/C20H40NO2/c1-6-9-12-13-16-21(14-10-7-2,15-11-8-3)17-18-23-20(22)19(4)5/h4,6-18H2,1-3,5H3/q+1. The molecule has 0 spiro atoms. The van der Waals surface area contributed by atoms with Crippen LogP contribution in [0.1, 0.15) is 79.1 Å². The summed E-state index contributed by atoms with van der Waals surface area (Å²) in [6, 6.07) is 0. The molecule has 0 saturated heterocycles. The van der Waals surface area contributed by atoms with Crippen LogP contribution in [-0.2, 0) is 9.53 Å². The average Bonchev–Trinajstić information content (AvgIpc) is 2.54. The lowest BCUT2D eigenvalue weighted by molar-refractivity contribution is -0.929. The summed E-state index contributed by atoms with van der Waals surface area (Å²) in [4.78, 5) is 11.6. The van der Waals surface area contributed by atoms with Crippen LogP contribution >= 0.6 is 0 Å². The van der Waals surface area contributed by atoms with Crippen molar-refractivity contribution >= 4 is 5.97 Å². The first-order chi connectivity index (χ1) is 11.0. The van der Waals surface area contributed by atoms with Gasteiger partial charge < -0.3 is 9.22 Å². The number of rotatable bonds is 15. The lowest BCUT2D eigenvalue weighted by Crippen LogP contribution is -2.52. The molecule has 3 heteroatoms. The lowest BCUT2D eigenvalue weighted by Gasteiger charge is -2.39. The predicted molar refractivity (Wildman–Crippen MR) is 99.5 cm³/mol. The molecule has 0 atom stereocenters. The fourth-order valence-corrected chi connectivity index (χ4v) is 2.99. The summed E-state index contributed by atoms with van der Waals surface area (Å²) in [5.74, 6) is -0.250. The maximum absolute atomic E-state index is 11.6. The number of unbranched alkanes of at least 4 members (excludes halogenated alkanes) is 5. The van der Waals surface area contributed by atoms with Crippen LogP contribution in [-0.4, -0.2) is 43.2 Å². The molecule has 0 bridgehead atoms. The highest BCUT2D eigenvalue weighted by Gasteiger charge is 2.26. The van der Waals surface area contributed by atoms with Gasteiger partial charge in [0.1, 0.15) is 13.2 Å². The van der Waals surface area contributed by atoms with Gasteiger partial charge in [-0.25, -0.2) is 4.79 Å². The number of ether oxygens (including phenoxy) is 1. The second kappa shape index (κ2) is 13.6. The van der Waals surface area contributed by atoms with Gasteiger partial charge in [0.25, 0.3) is 0 Å². The summed E-state index contributed by atoms with van der Waals surface area (Å²) in [7, 11) is 0. The number of esters is 1. The number of quaternary nitrogens is 1. The number of hydrogen-bond donors (Lipinski definition) is 0. The van der Waals surface area contributed by atoms with E-state index in [0.29, 0.717) is 12.2 Å². The molecule has 0 saturated carbocycles. The number of carbonyl (C=O) groups excluding carboxylic acids is 1. The Morgan fingerprint density at radius 2 is 1.35 bits per heavy atom. The Bertz CT molecular complexity index is 318. The molecule has 0 N–H and O–H groups in total. The largest absolute Gasteiger partial charge is 0.456 e. The van der Waals surface area contributed by atoms with Gasteiger partial charge >= 0.3 is 5.97 Å². The van der Waals surface area contributed by atoms with Crippen LogP contribution in [0.4, 0.5) is 0 Å². The first kappa shape index (κ1) is 22.2. The lowest BCUT2D eigenvalue weighted by atomic mass is 10.1. The highest BCUT2D eigenvalue weighted by molar-refractivity contribution is 5.86. The molecule has 0 amide bonds. The van der Waals surface area contributed by atoms with Gasteiger partial charge in [-0.05, 0) is 32.6 Å². The van der Waals surface area contributed by atoms with Gasteiger partial charge in [0, 0.05) is 5.57 Å². The van der Waals surface area contributed by atoms with Gasteiger partial charge in [0.05, 0.1) is 19.6 Å². The van der Waals surface area contributed by atoms with E-state index in [4.69, 9.17) is 4.74 Å². The minimum absolute atomic E-state index is 0.250. The molecule has 0 aliphatic rings. The molecule has 136 valence electrons. The predicted octanol–water partition coefficient (Wildman–Crippen LogP) is 5.10. The zero-order valence-electron chi connectivity index (χ0n) is 16.2. The van der Waals surface area contributed by atoms with Gasteiger partial charge in [0.15, 0.2) is 0 Å². The first-order valence-electron chi connectivity index (χ1n) is 9.69. The van der Waals surface area contributed by atoms with Crippen molar-refractivity contribution in [3.05, 3.63) is 12.2 Å². The Balaban J connectivity index is 4.66. The van der Waals surface area contributed by atoms with E-state index in [-0.39, 0.29) is 5.97 Å². The summed E-state index contributed by atoms with van der Waals surface area (Å²) < 4.78 is 6.51. The molecule has 0 aromatic carbocycles. The fourth-order valence-electron chi connectivity index (χ4n) is 2.99. The van der Waals surface area contributed by atoms with Gasteiger partial charge in [0.2, 0.25) is 0 Å². The molecule has 23 heavy (non-hydrogen) atoms. The van der Waals surface area contributed by atoms with Crippen LogP contribution in [0, 0.1) is 0 Å². The summed E-state index contributed by atoms with van der Waals surface area (Å²) in [5.41, 5.74) is 0.494. The van der Waals surface area contributed by atoms with E-state index in [1.54, 1.807) is 6.92 Å². The van der Waals surface area contributed by atoms with Gasteiger partial charge in [-0.15, -0.1) is 0 Å². The zero-order chi connectivity index (χ0) is 17.6. The Morgan fingerprint density at radius 3 is 1.83 bits per heavy atom. The van der Waals surface area contributed by atoms with E-state index in [9.17, 15) is 4.79 Å². The molecule has 0 unspecified atom stereocenters. The molecule has 0 aliphatic carbocycles. The normalized spacial score (nSPS) is 11.5. The summed E-state index contributed by atoms with van der Waals surface area (Å²) >= 11 is 0. The molecular weight excluding hydrogens is 286 g/mol. The maximum atomic E-state index is 11.6. The van der Waals surface area contributed by atoms with Crippen molar-refractivity contribution in [1.29, 1.82) is 0 Å². The zero-order valence-corrected chi connectivity index (χ0v) is 16.2. The molecule has 0 fully saturated rings. The van der Waals surface area contributed by atoms with Crippen LogP contribution in [0.15, 0.2) is 12.2 Å². The molecule has 0 heterocycles. The third-order valence-electron chi connectivity index (χ3n) is 4.61. The SMILES string of the molecule is C=C(C)C(=O)OCC[N+](CCCC)(CCCC)CCCCCC. The average molecular weight is 327 g/mol.